The number of aromatic nitrogens is 3. The van der Waals surface area contributed by atoms with Crippen LogP contribution in [0.5, 0.6) is 0 Å². The number of aryl methyl sites for hydroxylation is 3. The molecule has 128 valence electrons. The Morgan fingerprint density at radius 2 is 2.21 bits per heavy atom. The summed E-state index contributed by atoms with van der Waals surface area (Å²) in [5.41, 5.74) is 6.15. The van der Waals surface area contributed by atoms with E-state index in [1.807, 2.05) is 30.9 Å². The van der Waals surface area contributed by atoms with E-state index in [0.717, 1.165) is 49.4 Å². The van der Waals surface area contributed by atoms with Gasteiger partial charge in [-0.15, -0.1) is 0 Å². The molecule has 0 saturated carbocycles. The highest BCUT2D eigenvalue weighted by molar-refractivity contribution is 5.95. The first kappa shape index (κ1) is 16.6. The lowest BCUT2D eigenvalue weighted by Crippen LogP contribution is -2.29. The molecule has 6 nitrogen and oxygen atoms in total. The number of nitrogens with zero attached hydrogens (tertiary/aromatic N) is 3. The number of amides is 1. The molecule has 1 aliphatic heterocycles. The molecule has 1 amide bonds. The van der Waals surface area contributed by atoms with Crippen molar-refractivity contribution in [2.45, 2.75) is 53.2 Å². The molecule has 0 unspecified atom stereocenters. The van der Waals surface area contributed by atoms with Gasteiger partial charge in [0.2, 0.25) is 0 Å². The molecule has 0 spiro atoms. The Kier molecular flexibility index (Phi) is 4.94. The van der Waals surface area contributed by atoms with Gasteiger partial charge in [0, 0.05) is 37.7 Å². The highest BCUT2D eigenvalue weighted by atomic mass is 16.1. The maximum Gasteiger partial charge on any atom is 0.255 e. The lowest BCUT2D eigenvalue weighted by atomic mass is 9.96. The monoisotopic (exact) mass is 327 g/mol. The minimum atomic E-state index is -0.0687. The molecular formula is C18H25N5O. The van der Waals surface area contributed by atoms with Gasteiger partial charge in [0.25, 0.3) is 5.91 Å². The van der Waals surface area contributed by atoms with Crippen LogP contribution in [0.4, 0.5) is 0 Å². The van der Waals surface area contributed by atoms with Crippen molar-refractivity contribution in [2.75, 3.05) is 6.54 Å². The topological polar surface area (TPSA) is 71.8 Å². The summed E-state index contributed by atoms with van der Waals surface area (Å²) in [7, 11) is 0. The minimum absolute atomic E-state index is 0.0687. The largest absolute Gasteiger partial charge is 0.348 e. The van der Waals surface area contributed by atoms with Gasteiger partial charge in [-0.25, -0.2) is 0 Å². The summed E-state index contributed by atoms with van der Waals surface area (Å²) in [6.07, 6.45) is 5.76. The number of fused-ring (bicyclic) bond motifs is 1. The van der Waals surface area contributed by atoms with Crippen LogP contribution in [0.3, 0.4) is 0 Å². The molecule has 3 rings (SSSR count). The van der Waals surface area contributed by atoms with E-state index in [4.69, 9.17) is 0 Å². The van der Waals surface area contributed by atoms with Crippen molar-refractivity contribution >= 4 is 5.91 Å². The first-order valence-electron chi connectivity index (χ1n) is 8.59. The Hall–Kier alpha value is -2.21. The van der Waals surface area contributed by atoms with E-state index in [1.165, 1.54) is 11.1 Å². The van der Waals surface area contributed by atoms with Gasteiger partial charge in [0.15, 0.2) is 0 Å². The molecule has 2 aromatic rings. The number of nitrogens with one attached hydrogen (secondary N) is 2. The average molecular weight is 327 g/mol. The highest BCUT2D eigenvalue weighted by Gasteiger charge is 2.18. The van der Waals surface area contributed by atoms with E-state index in [2.05, 4.69) is 27.6 Å². The normalized spacial score (nSPS) is 13.6. The van der Waals surface area contributed by atoms with Crippen LogP contribution in [0.25, 0.3) is 0 Å². The fraction of sp³-hybridized carbons (Fsp3) is 0.500. The molecule has 3 heterocycles. The summed E-state index contributed by atoms with van der Waals surface area (Å²) in [5.74, 6) is -0.0687. The highest BCUT2D eigenvalue weighted by Crippen LogP contribution is 2.20. The van der Waals surface area contributed by atoms with Crippen molar-refractivity contribution in [3.63, 3.8) is 0 Å². The van der Waals surface area contributed by atoms with Crippen molar-refractivity contribution in [3.8, 4) is 0 Å². The molecular weight excluding hydrogens is 302 g/mol. The van der Waals surface area contributed by atoms with Gasteiger partial charge >= 0.3 is 0 Å². The Morgan fingerprint density at radius 1 is 1.38 bits per heavy atom. The van der Waals surface area contributed by atoms with E-state index in [9.17, 15) is 4.79 Å². The lowest BCUT2D eigenvalue weighted by Gasteiger charge is -2.21. The summed E-state index contributed by atoms with van der Waals surface area (Å²) in [5, 5.41) is 10.8. The molecule has 2 N–H and O–H groups in total. The maximum absolute atomic E-state index is 12.5. The third kappa shape index (κ3) is 3.33. The quantitative estimate of drug-likeness (QED) is 0.879. The summed E-state index contributed by atoms with van der Waals surface area (Å²) >= 11 is 0. The van der Waals surface area contributed by atoms with Crippen LogP contribution < -0.4 is 10.6 Å². The smallest absolute Gasteiger partial charge is 0.255 e. The molecule has 0 fully saturated rings. The summed E-state index contributed by atoms with van der Waals surface area (Å²) < 4.78 is 1.84. The molecule has 1 aliphatic rings. The summed E-state index contributed by atoms with van der Waals surface area (Å²) in [6, 6.07) is 0. The van der Waals surface area contributed by atoms with Crippen LogP contribution in [0.1, 0.15) is 51.8 Å². The van der Waals surface area contributed by atoms with Gasteiger partial charge in [0.1, 0.15) is 0 Å². The molecule has 2 aromatic heterocycles. The van der Waals surface area contributed by atoms with Gasteiger partial charge in [-0.1, -0.05) is 6.92 Å². The van der Waals surface area contributed by atoms with Gasteiger partial charge in [0.05, 0.1) is 11.3 Å². The van der Waals surface area contributed by atoms with Crippen LogP contribution >= 0.6 is 0 Å². The fourth-order valence-corrected chi connectivity index (χ4v) is 3.23. The SMILES string of the molecule is CCCn1cc(C(=O)NCc2c(C)ncc3c2CCNC3)c(C)n1. The third-order valence-corrected chi connectivity index (χ3v) is 4.54. The maximum atomic E-state index is 12.5. The summed E-state index contributed by atoms with van der Waals surface area (Å²) in [6.45, 7) is 9.15. The zero-order valence-electron chi connectivity index (χ0n) is 14.6. The predicted molar refractivity (Wildman–Crippen MR) is 92.8 cm³/mol. The second-order valence-corrected chi connectivity index (χ2v) is 6.33. The van der Waals surface area contributed by atoms with Crippen molar-refractivity contribution < 1.29 is 4.79 Å². The molecule has 0 aliphatic carbocycles. The van der Waals surface area contributed by atoms with Crippen LogP contribution in [-0.4, -0.2) is 27.2 Å². The number of carbonyl (C=O) groups excluding carboxylic acids is 1. The van der Waals surface area contributed by atoms with Crippen LogP contribution in [0.15, 0.2) is 12.4 Å². The second-order valence-electron chi connectivity index (χ2n) is 6.33. The van der Waals surface area contributed by atoms with E-state index in [1.54, 1.807) is 0 Å². The van der Waals surface area contributed by atoms with Crippen molar-refractivity contribution in [1.29, 1.82) is 0 Å². The van der Waals surface area contributed by atoms with Crippen LogP contribution in [0.2, 0.25) is 0 Å². The Labute approximate surface area is 142 Å². The zero-order valence-corrected chi connectivity index (χ0v) is 14.6. The first-order chi connectivity index (χ1) is 11.6. The number of hydrogen-bond acceptors (Lipinski definition) is 4. The Bertz CT molecular complexity index is 750. The Balaban J connectivity index is 1.75. The van der Waals surface area contributed by atoms with Crippen LogP contribution in [-0.2, 0) is 26.1 Å². The zero-order chi connectivity index (χ0) is 17.1. The van der Waals surface area contributed by atoms with E-state index >= 15 is 0 Å². The second kappa shape index (κ2) is 7.13. The number of carbonyl (C=O) groups is 1. The molecule has 0 saturated heterocycles. The number of pyridine rings is 1. The first-order valence-corrected chi connectivity index (χ1v) is 8.59. The Morgan fingerprint density at radius 3 is 3.00 bits per heavy atom. The van der Waals surface area contributed by atoms with E-state index < -0.39 is 0 Å². The summed E-state index contributed by atoms with van der Waals surface area (Å²) in [4.78, 5) is 17.0. The van der Waals surface area contributed by atoms with E-state index in [0.29, 0.717) is 12.1 Å². The molecule has 0 bridgehead atoms. The van der Waals surface area contributed by atoms with Gasteiger partial charge in [-0.05, 0) is 49.9 Å². The van der Waals surface area contributed by atoms with Crippen molar-refractivity contribution in [1.82, 2.24) is 25.4 Å². The minimum Gasteiger partial charge on any atom is -0.348 e. The average Bonchev–Trinajstić information content (AvgIpc) is 2.94. The molecule has 24 heavy (non-hydrogen) atoms. The number of rotatable bonds is 5. The van der Waals surface area contributed by atoms with Crippen molar-refractivity contribution in [2.24, 2.45) is 0 Å². The third-order valence-electron chi connectivity index (χ3n) is 4.54. The van der Waals surface area contributed by atoms with Gasteiger partial charge in [-0.3, -0.25) is 14.5 Å². The lowest BCUT2D eigenvalue weighted by molar-refractivity contribution is 0.0950. The molecule has 0 radical (unpaired) electrons. The molecule has 6 heteroatoms. The molecule has 0 atom stereocenters. The number of hydrogen-bond donors (Lipinski definition) is 2. The van der Waals surface area contributed by atoms with Crippen molar-refractivity contribution in [3.05, 3.63) is 46.0 Å². The van der Waals surface area contributed by atoms with E-state index in [-0.39, 0.29) is 5.91 Å². The molecule has 0 aromatic carbocycles. The standard InChI is InChI=1S/C18H25N5O/c1-4-7-23-11-17(13(3)22-23)18(24)21-10-16-12(2)20-9-14-8-19-6-5-15(14)16/h9,11,19H,4-8,10H2,1-3H3,(H,21,24). The van der Waals surface area contributed by atoms with Gasteiger partial charge in [-0.2, -0.15) is 5.10 Å². The fourth-order valence-electron chi connectivity index (χ4n) is 3.23. The van der Waals surface area contributed by atoms with Crippen LogP contribution in [0, 0.1) is 13.8 Å². The van der Waals surface area contributed by atoms with Gasteiger partial charge < -0.3 is 10.6 Å². The predicted octanol–water partition coefficient (Wildman–Crippen LogP) is 1.88.